The number of amides is 1. The van der Waals surface area contributed by atoms with E-state index in [2.05, 4.69) is 24.3 Å². The summed E-state index contributed by atoms with van der Waals surface area (Å²) in [4.78, 5) is 12.0. The first-order valence-corrected chi connectivity index (χ1v) is 8.60. The molecular formula is C21H20N4O. The molecule has 0 atom stereocenters. The third-order valence-corrected chi connectivity index (χ3v) is 4.91. The Labute approximate surface area is 150 Å². The van der Waals surface area contributed by atoms with Crippen LogP contribution in [-0.2, 0) is 6.54 Å². The molecule has 0 unspecified atom stereocenters. The van der Waals surface area contributed by atoms with Crippen molar-refractivity contribution in [2.75, 3.05) is 0 Å². The van der Waals surface area contributed by atoms with Gasteiger partial charge in [-0.05, 0) is 41.0 Å². The molecule has 0 bridgehead atoms. The summed E-state index contributed by atoms with van der Waals surface area (Å²) in [5.74, 6) is -0.466. The van der Waals surface area contributed by atoms with Crippen LogP contribution in [0.5, 0.6) is 0 Å². The van der Waals surface area contributed by atoms with E-state index in [1.165, 1.54) is 10.4 Å². The van der Waals surface area contributed by atoms with Crippen molar-refractivity contribution in [1.82, 2.24) is 4.57 Å². The minimum Gasteiger partial charge on any atom is -0.384 e. The fourth-order valence-corrected chi connectivity index (χ4v) is 3.63. The monoisotopic (exact) mass is 344 g/mol. The van der Waals surface area contributed by atoms with Crippen LogP contribution in [0.1, 0.15) is 34.5 Å². The molecule has 1 amide bonds. The van der Waals surface area contributed by atoms with Gasteiger partial charge in [0.1, 0.15) is 11.5 Å². The maximum atomic E-state index is 12.0. The number of nitrogens with one attached hydrogen (secondary N) is 1. The number of carbonyl (C=O) groups is 1. The van der Waals surface area contributed by atoms with Gasteiger partial charge in [0.2, 0.25) is 0 Å². The van der Waals surface area contributed by atoms with E-state index in [4.69, 9.17) is 16.9 Å². The standard InChI is InChI=1S/C21H20N4O/c22-20(23)15-9-8-14-10-19(21(24)26)25(18(14)11-15)12-16-6-3-5-13-4-1-2-7-17(13)16/h3-11H,1-2,12H2,(H3,22,23)(H2,24,26). The summed E-state index contributed by atoms with van der Waals surface area (Å²) in [7, 11) is 0. The molecule has 5 heteroatoms. The Hall–Kier alpha value is -3.34. The summed E-state index contributed by atoms with van der Waals surface area (Å²) in [6.07, 6.45) is 6.57. The molecule has 2 aromatic carbocycles. The topological polar surface area (TPSA) is 97.9 Å². The first kappa shape index (κ1) is 16.1. The zero-order chi connectivity index (χ0) is 18.3. The van der Waals surface area contributed by atoms with Crippen molar-refractivity contribution in [3.8, 4) is 0 Å². The lowest BCUT2D eigenvalue weighted by Crippen LogP contribution is -2.31. The zero-order valence-corrected chi connectivity index (χ0v) is 14.3. The lowest BCUT2D eigenvalue weighted by Gasteiger charge is -2.12. The highest BCUT2D eigenvalue weighted by Gasteiger charge is 2.15. The number of nitrogens with two attached hydrogens (primary N) is 2. The molecule has 26 heavy (non-hydrogen) atoms. The molecule has 5 nitrogen and oxygen atoms in total. The molecule has 0 radical (unpaired) electrons. The third kappa shape index (κ3) is 2.67. The molecule has 1 aliphatic carbocycles. The van der Waals surface area contributed by atoms with E-state index >= 15 is 0 Å². The SMILES string of the molecule is N=C(N)c1ccc2cc(C(N)=O)n(Cc3cccc4c3=CCCC=4)c2c1. The van der Waals surface area contributed by atoms with Gasteiger partial charge >= 0.3 is 0 Å². The van der Waals surface area contributed by atoms with Gasteiger partial charge in [-0.2, -0.15) is 0 Å². The quantitative estimate of drug-likeness (QED) is 0.493. The average molecular weight is 344 g/mol. The Bertz CT molecular complexity index is 1170. The molecule has 4 rings (SSSR count). The molecule has 1 heterocycles. The Morgan fingerprint density at radius 3 is 2.65 bits per heavy atom. The van der Waals surface area contributed by atoms with Crippen molar-refractivity contribution in [2.24, 2.45) is 11.5 Å². The fourth-order valence-electron chi connectivity index (χ4n) is 3.63. The molecule has 5 N–H and O–H groups in total. The van der Waals surface area contributed by atoms with Gasteiger partial charge in [-0.25, -0.2) is 0 Å². The van der Waals surface area contributed by atoms with Crippen molar-refractivity contribution in [1.29, 1.82) is 5.41 Å². The number of hydrogen-bond donors (Lipinski definition) is 3. The molecule has 130 valence electrons. The number of aromatic nitrogens is 1. The van der Waals surface area contributed by atoms with E-state index in [1.54, 1.807) is 12.1 Å². The summed E-state index contributed by atoms with van der Waals surface area (Å²) in [5.41, 5.74) is 14.3. The fraction of sp³-hybridized carbons (Fsp3) is 0.143. The van der Waals surface area contributed by atoms with Gasteiger partial charge in [0.25, 0.3) is 5.91 Å². The van der Waals surface area contributed by atoms with Crippen LogP contribution in [0.2, 0.25) is 0 Å². The van der Waals surface area contributed by atoms with E-state index in [-0.39, 0.29) is 5.84 Å². The minimum atomic E-state index is -0.467. The summed E-state index contributed by atoms with van der Waals surface area (Å²) in [6, 6.07) is 13.5. The van der Waals surface area contributed by atoms with Gasteiger partial charge in [-0.15, -0.1) is 0 Å². The second kappa shape index (κ2) is 6.19. The molecule has 0 saturated carbocycles. The van der Waals surface area contributed by atoms with Gasteiger partial charge in [0.15, 0.2) is 0 Å². The lowest BCUT2D eigenvalue weighted by atomic mass is 10.0. The van der Waals surface area contributed by atoms with Gasteiger partial charge in [-0.1, -0.05) is 42.5 Å². The molecule has 0 saturated heterocycles. The van der Waals surface area contributed by atoms with E-state index < -0.39 is 5.91 Å². The summed E-state index contributed by atoms with van der Waals surface area (Å²) in [5, 5.41) is 11.0. The predicted octanol–water partition coefficient (Wildman–Crippen LogP) is 1.43. The smallest absolute Gasteiger partial charge is 0.265 e. The van der Waals surface area contributed by atoms with Crippen molar-refractivity contribution >= 4 is 34.8 Å². The van der Waals surface area contributed by atoms with E-state index in [1.807, 2.05) is 22.8 Å². The predicted molar refractivity (Wildman–Crippen MR) is 104 cm³/mol. The maximum Gasteiger partial charge on any atom is 0.265 e. The number of amidine groups is 1. The third-order valence-electron chi connectivity index (χ3n) is 4.91. The van der Waals surface area contributed by atoms with Crippen LogP contribution in [-0.4, -0.2) is 16.3 Å². The number of nitrogens with zero attached hydrogens (tertiary/aromatic N) is 1. The highest BCUT2D eigenvalue weighted by Crippen LogP contribution is 2.22. The van der Waals surface area contributed by atoms with Crippen LogP contribution in [0.4, 0.5) is 0 Å². The minimum absolute atomic E-state index is 0.000277. The number of carbonyl (C=O) groups excluding carboxylic acids is 1. The van der Waals surface area contributed by atoms with Gasteiger partial charge in [0.05, 0.1) is 0 Å². The second-order valence-electron chi connectivity index (χ2n) is 6.57. The second-order valence-corrected chi connectivity index (χ2v) is 6.57. The van der Waals surface area contributed by atoms with Gasteiger partial charge in [0, 0.05) is 23.0 Å². The highest BCUT2D eigenvalue weighted by molar-refractivity contribution is 6.02. The van der Waals surface area contributed by atoms with E-state index in [0.717, 1.165) is 29.3 Å². The zero-order valence-electron chi connectivity index (χ0n) is 14.3. The number of benzene rings is 2. The molecule has 3 aromatic rings. The average Bonchev–Trinajstić information content (AvgIpc) is 3.00. The van der Waals surface area contributed by atoms with Crippen molar-refractivity contribution < 1.29 is 4.79 Å². The Morgan fingerprint density at radius 1 is 1.08 bits per heavy atom. The summed E-state index contributed by atoms with van der Waals surface area (Å²) >= 11 is 0. The lowest BCUT2D eigenvalue weighted by molar-refractivity contribution is 0.0992. The molecule has 0 spiro atoms. The number of fused-ring (bicyclic) bond motifs is 2. The van der Waals surface area contributed by atoms with Crippen molar-refractivity contribution in [3.63, 3.8) is 0 Å². The molecular weight excluding hydrogens is 324 g/mol. The summed E-state index contributed by atoms with van der Waals surface area (Å²) < 4.78 is 1.92. The van der Waals surface area contributed by atoms with Crippen LogP contribution >= 0.6 is 0 Å². The van der Waals surface area contributed by atoms with Crippen LogP contribution in [0.25, 0.3) is 23.1 Å². The van der Waals surface area contributed by atoms with Crippen LogP contribution in [0.15, 0.2) is 42.5 Å². The Balaban J connectivity index is 1.94. The first-order chi connectivity index (χ1) is 12.5. The van der Waals surface area contributed by atoms with Crippen LogP contribution < -0.4 is 21.9 Å². The summed E-state index contributed by atoms with van der Waals surface area (Å²) in [6.45, 7) is 0.538. The first-order valence-electron chi connectivity index (χ1n) is 8.60. The van der Waals surface area contributed by atoms with Crippen molar-refractivity contribution in [3.05, 3.63) is 69.7 Å². The molecule has 1 aliphatic rings. The molecule has 1 aromatic heterocycles. The molecule has 0 fully saturated rings. The number of rotatable bonds is 4. The number of hydrogen-bond acceptors (Lipinski definition) is 2. The Morgan fingerprint density at radius 2 is 1.88 bits per heavy atom. The molecule has 0 aliphatic heterocycles. The largest absolute Gasteiger partial charge is 0.384 e. The highest BCUT2D eigenvalue weighted by atomic mass is 16.1. The van der Waals surface area contributed by atoms with Crippen molar-refractivity contribution in [2.45, 2.75) is 19.4 Å². The van der Waals surface area contributed by atoms with E-state index in [0.29, 0.717) is 17.8 Å². The number of nitrogen functional groups attached to an aromatic ring is 1. The van der Waals surface area contributed by atoms with E-state index in [9.17, 15) is 4.79 Å². The number of primary amides is 1. The van der Waals surface area contributed by atoms with Gasteiger partial charge in [-0.3, -0.25) is 10.2 Å². The Kier molecular flexibility index (Phi) is 3.84. The normalized spacial score (nSPS) is 12.9. The van der Waals surface area contributed by atoms with Crippen LogP contribution in [0.3, 0.4) is 0 Å². The van der Waals surface area contributed by atoms with Crippen LogP contribution in [0, 0.1) is 5.41 Å². The maximum absolute atomic E-state index is 12.0. The van der Waals surface area contributed by atoms with Gasteiger partial charge < -0.3 is 16.0 Å².